The molecule has 0 spiro atoms. The second-order valence-corrected chi connectivity index (χ2v) is 5.86. The third kappa shape index (κ3) is 5.83. The summed E-state index contributed by atoms with van der Waals surface area (Å²) >= 11 is 0. The van der Waals surface area contributed by atoms with Crippen LogP contribution >= 0.6 is 0 Å². The molecule has 24 heavy (non-hydrogen) atoms. The van der Waals surface area contributed by atoms with E-state index in [1.165, 1.54) is 5.56 Å². The summed E-state index contributed by atoms with van der Waals surface area (Å²) in [5.74, 6) is -0.429. The molecule has 2 aromatic rings. The topological polar surface area (TPSA) is 62.3 Å². The number of nitrogens with zero attached hydrogens (tertiary/aromatic N) is 2. The Kier molecular flexibility index (Phi) is 6.49. The number of benzene rings is 1. The van der Waals surface area contributed by atoms with Crippen LogP contribution in [0, 0.1) is 6.92 Å². The van der Waals surface area contributed by atoms with Gasteiger partial charge in [0.15, 0.2) is 0 Å². The molecular weight excluding hydrogens is 302 g/mol. The lowest BCUT2D eigenvalue weighted by atomic mass is 10.1. The van der Waals surface area contributed by atoms with Gasteiger partial charge in [-0.3, -0.25) is 14.6 Å². The minimum Gasteiger partial charge on any atom is -0.352 e. The van der Waals surface area contributed by atoms with E-state index in [2.05, 4.69) is 10.3 Å². The Morgan fingerprint density at radius 3 is 2.38 bits per heavy atom. The summed E-state index contributed by atoms with van der Waals surface area (Å²) < 4.78 is 0. The fourth-order valence-corrected chi connectivity index (χ4v) is 2.21. The molecule has 1 heterocycles. The predicted molar refractivity (Wildman–Crippen MR) is 93.2 cm³/mol. The van der Waals surface area contributed by atoms with E-state index in [0.717, 1.165) is 17.5 Å². The number of nitrogens with one attached hydrogen (secondary N) is 1. The van der Waals surface area contributed by atoms with E-state index in [4.69, 9.17) is 0 Å². The first-order valence-electron chi connectivity index (χ1n) is 7.99. The first kappa shape index (κ1) is 17.7. The molecule has 0 aliphatic rings. The fraction of sp³-hybridized carbons (Fsp3) is 0.316. The third-order valence-corrected chi connectivity index (χ3v) is 3.83. The molecule has 2 amide bonds. The highest BCUT2D eigenvalue weighted by Gasteiger charge is 2.13. The van der Waals surface area contributed by atoms with Gasteiger partial charge >= 0.3 is 0 Å². The van der Waals surface area contributed by atoms with Crippen molar-refractivity contribution in [1.82, 2.24) is 15.2 Å². The molecule has 0 aliphatic carbocycles. The number of aromatic nitrogens is 1. The number of hydrogen-bond donors (Lipinski definition) is 1. The fourth-order valence-electron chi connectivity index (χ4n) is 2.21. The lowest BCUT2D eigenvalue weighted by Crippen LogP contribution is -2.34. The largest absolute Gasteiger partial charge is 0.352 e. The monoisotopic (exact) mass is 325 g/mol. The van der Waals surface area contributed by atoms with Crippen molar-refractivity contribution >= 4 is 11.8 Å². The van der Waals surface area contributed by atoms with Gasteiger partial charge < -0.3 is 10.2 Å². The molecule has 1 aromatic carbocycles. The molecule has 0 saturated carbocycles. The zero-order chi connectivity index (χ0) is 17.4. The Hall–Kier alpha value is -2.69. The summed E-state index contributed by atoms with van der Waals surface area (Å²) in [5, 5.41) is 2.78. The van der Waals surface area contributed by atoms with Crippen LogP contribution in [-0.2, 0) is 22.6 Å². The summed E-state index contributed by atoms with van der Waals surface area (Å²) in [5.41, 5.74) is 3.32. The molecule has 126 valence electrons. The maximum atomic E-state index is 12.1. The minimum atomic E-state index is -0.253. The Balaban J connectivity index is 1.72. The van der Waals surface area contributed by atoms with Crippen LogP contribution < -0.4 is 5.32 Å². The number of likely N-dealkylation sites (N-methyl/N-ethyl adjacent to an activating group) is 1. The Labute approximate surface area is 142 Å². The average Bonchev–Trinajstić information content (AvgIpc) is 2.60. The standard InChI is InChI=1S/C19H23N3O2/c1-15-3-5-17(6-4-15)14-21-18(23)13-19(24)22(2)12-9-16-7-10-20-11-8-16/h3-8,10-11H,9,12-14H2,1-2H3,(H,21,23). The number of carbonyl (C=O) groups is 2. The first-order valence-corrected chi connectivity index (χ1v) is 7.99. The van der Waals surface area contributed by atoms with Crippen molar-refractivity contribution in [3.63, 3.8) is 0 Å². The molecule has 0 saturated heterocycles. The Morgan fingerprint density at radius 2 is 1.71 bits per heavy atom. The molecule has 1 N–H and O–H groups in total. The second-order valence-electron chi connectivity index (χ2n) is 5.86. The number of amides is 2. The zero-order valence-corrected chi connectivity index (χ0v) is 14.2. The van der Waals surface area contributed by atoms with Crippen molar-refractivity contribution in [3.8, 4) is 0 Å². The van der Waals surface area contributed by atoms with Gasteiger partial charge in [-0.15, -0.1) is 0 Å². The molecule has 0 atom stereocenters. The lowest BCUT2D eigenvalue weighted by Gasteiger charge is -2.17. The smallest absolute Gasteiger partial charge is 0.231 e. The molecule has 5 heteroatoms. The van der Waals surface area contributed by atoms with Crippen LogP contribution in [0.2, 0.25) is 0 Å². The van der Waals surface area contributed by atoms with Gasteiger partial charge in [0.2, 0.25) is 11.8 Å². The maximum absolute atomic E-state index is 12.1. The predicted octanol–water partition coefficient (Wildman–Crippen LogP) is 2.10. The number of pyridine rings is 1. The number of hydrogen-bond acceptors (Lipinski definition) is 3. The van der Waals surface area contributed by atoms with E-state index < -0.39 is 0 Å². The van der Waals surface area contributed by atoms with Gasteiger partial charge in [0.25, 0.3) is 0 Å². The first-order chi connectivity index (χ1) is 11.5. The highest BCUT2D eigenvalue weighted by atomic mass is 16.2. The van der Waals surface area contributed by atoms with Crippen LogP contribution in [0.15, 0.2) is 48.8 Å². The summed E-state index contributed by atoms with van der Waals surface area (Å²) in [6.45, 7) is 3.03. The van der Waals surface area contributed by atoms with Crippen LogP contribution in [0.25, 0.3) is 0 Å². The van der Waals surface area contributed by atoms with E-state index in [0.29, 0.717) is 13.1 Å². The van der Waals surface area contributed by atoms with Crippen LogP contribution in [0.3, 0.4) is 0 Å². The Morgan fingerprint density at radius 1 is 1.04 bits per heavy atom. The van der Waals surface area contributed by atoms with Gasteiger partial charge in [-0.1, -0.05) is 29.8 Å². The molecule has 5 nitrogen and oxygen atoms in total. The summed E-state index contributed by atoms with van der Waals surface area (Å²) in [7, 11) is 1.72. The quantitative estimate of drug-likeness (QED) is 0.793. The third-order valence-electron chi connectivity index (χ3n) is 3.83. The molecule has 0 unspecified atom stereocenters. The average molecular weight is 325 g/mol. The maximum Gasteiger partial charge on any atom is 0.231 e. The van der Waals surface area contributed by atoms with E-state index in [1.807, 2.05) is 43.3 Å². The number of carbonyl (C=O) groups excluding carboxylic acids is 2. The SMILES string of the molecule is Cc1ccc(CNC(=O)CC(=O)N(C)CCc2ccncc2)cc1. The molecular formula is C19H23N3O2. The van der Waals surface area contributed by atoms with Gasteiger partial charge in [-0.25, -0.2) is 0 Å². The van der Waals surface area contributed by atoms with Gasteiger partial charge in [0.05, 0.1) is 0 Å². The van der Waals surface area contributed by atoms with Crippen molar-refractivity contribution in [2.75, 3.05) is 13.6 Å². The summed E-state index contributed by atoms with van der Waals surface area (Å²) in [6.07, 6.45) is 4.08. The van der Waals surface area contributed by atoms with E-state index in [-0.39, 0.29) is 18.2 Å². The zero-order valence-electron chi connectivity index (χ0n) is 14.2. The van der Waals surface area contributed by atoms with Gasteiger partial charge in [-0.05, 0) is 36.6 Å². The van der Waals surface area contributed by atoms with Crippen molar-refractivity contribution < 1.29 is 9.59 Å². The normalized spacial score (nSPS) is 10.2. The molecule has 2 rings (SSSR count). The van der Waals surface area contributed by atoms with Crippen molar-refractivity contribution in [3.05, 3.63) is 65.5 Å². The number of rotatable bonds is 7. The second kappa shape index (κ2) is 8.82. The van der Waals surface area contributed by atoms with Crippen LogP contribution in [0.1, 0.15) is 23.1 Å². The molecule has 0 fully saturated rings. The van der Waals surface area contributed by atoms with E-state index in [1.54, 1.807) is 24.3 Å². The molecule has 0 aliphatic heterocycles. The minimum absolute atomic E-state index is 0.126. The van der Waals surface area contributed by atoms with Gasteiger partial charge in [0, 0.05) is 32.5 Å². The van der Waals surface area contributed by atoms with Crippen LogP contribution in [0.5, 0.6) is 0 Å². The van der Waals surface area contributed by atoms with Crippen LogP contribution in [-0.4, -0.2) is 35.3 Å². The number of aryl methyl sites for hydroxylation is 1. The molecule has 0 bridgehead atoms. The summed E-state index contributed by atoms with van der Waals surface area (Å²) in [6, 6.07) is 11.8. The molecule has 1 aromatic heterocycles. The van der Waals surface area contributed by atoms with Crippen molar-refractivity contribution in [2.24, 2.45) is 0 Å². The highest BCUT2D eigenvalue weighted by molar-refractivity contribution is 5.96. The van der Waals surface area contributed by atoms with Crippen molar-refractivity contribution in [1.29, 1.82) is 0 Å². The van der Waals surface area contributed by atoms with Gasteiger partial charge in [-0.2, -0.15) is 0 Å². The van der Waals surface area contributed by atoms with Crippen molar-refractivity contribution in [2.45, 2.75) is 26.3 Å². The van der Waals surface area contributed by atoms with Crippen LogP contribution in [0.4, 0.5) is 0 Å². The Bertz CT molecular complexity index is 669. The van der Waals surface area contributed by atoms with E-state index >= 15 is 0 Å². The van der Waals surface area contributed by atoms with E-state index in [9.17, 15) is 9.59 Å². The highest BCUT2D eigenvalue weighted by Crippen LogP contribution is 2.03. The molecule has 0 radical (unpaired) electrons. The van der Waals surface area contributed by atoms with Gasteiger partial charge in [0.1, 0.15) is 6.42 Å². The lowest BCUT2D eigenvalue weighted by molar-refractivity contribution is -0.135. The summed E-state index contributed by atoms with van der Waals surface area (Å²) in [4.78, 5) is 29.5.